The molecule has 3 heteroatoms. The number of rotatable bonds is 5. The second-order valence-electron chi connectivity index (χ2n) is 6.35. The van der Waals surface area contributed by atoms with Crippen LogP contribution in [0, 0.1) is 6.92 Å². The van der Waals surface area contributed by atoms with Crippen LogP contribution in [0.15, 0.2) is 24.3 Å². The monoisotopic (exact) mass is 290 g/mol. The molecule has 0 spiro atoms. The van der Waals surface area contributed by atoms with Gasteiger partial charge in [-0.3, -0.25) is 4.90 Å². The maximum Gasteiger partial charge on any atom is 0.0587 e. The Hall–Kier alpha value is -0.900. The molecule has 3 nitrogen and oxygen atoms in total. The third kappa shape index (κ3) is 4.06. The average molecular weight is 290 g/mol. The van der Waals surface area contributed by atoms with Crippen LogP contribution in [0.2, 0.25) is 0 Å². The van der Waals surface area contributed by atoms with E-state index in [0.717, 1.165) is 19.4 Å². The molecule has 1 aromatic rings. The van der Waals surface area contributed by atoms with E-state index in [1.54, 1.807) is 0 Å². The third-order valence-corrected chi connectivity index (χ3v) is 4.79. The molecule has 1 fully saturated rings. The quantitative estimate of drug-likeness (QED) is 0.876. The van der Waals surface area contributed by atoms with Gasteiger partial charge >= 0.3 is 0 Å². The summed E-state index contributed by atoms with van der Waals surface area (Å²) < 4.78 is 0. The van der Waals surface area contributed by atoms with Crippen molar-refractivity contribution in [1.29, 1.82) is 0 Å². The minimum atomic E-state index is 0.111. The van der Waals surface area contributed by atoms with E-state index in [2.05, 4.69) is 43.0 Å². The number of benzene rings is 1. The molecule has 0 bridgehead atoms. The van der Waals surface area contributed by atoms with Crippen molar-refractivity contribution in [3.63, 3.8) is 0 Å². The fourth-order valence-corrected chi connectivity index (χ4v) is 3.43. The molecular weight excluding hydrogens is 260 g/mol. The molecule has 3 unspecified atom stereocenters. The van der Waals surface area contributed by atoms with Crippen LogP contribution >= 0.6 is 0 Å². The van der Waals surface area contributed by atoms with Gasteiger partial charge in [-0.15, -0.1) is 0 Å². The summed E-state index contributed by atoms with van der Waals surface area (Å²) in [4.78, 5) is 2.46. The number of nitrogens with two attached hydrogens (primary N) is 1. The molecule has 1 saturated heterocycles. The summed E-state index contributed by atoms with van der Waals surface area (Å²) in [5.74, 6) is 0. The summed E-state index contributed by atoms with van der Waals surface area (Å²) in [5, 5.41) is 9.80. The molecule has 21 heavy (non-hydrogen) atoms. The fourth-order valence-electron chi connectivity index (χ4n) is 3.43. The molecule has 0 radical (unpaired) electrons. The molecule has 3 atom stereocenters. The van der Waals surface area contributed by atoms with Crippen molar-refractivity contribution < 1.29 is 5.11 Å². The predicted octanol–water partition coefficient (Wildman–Crippen LogP) is 3.01. The van der Waals surface area contributed by atoms with Crippen LogP contribution in [0.1, 0.15) is 56.2 Å². The van der Waals surface area contributed by atoms with Crippen molar-refractivity contribution in [2.75, 3.05) is 13.2 Å². The Kier molecular flexibility index (Phi) is 6.22. The molecule has 1 aliphatic heterocycles. The van der Waals surface area contributed by atoms with Crippen molar-refractivity contribution in [3.05, 3.63) is 35.4 Å². The van der Waals surface area contributed by atoms with E-state index >= 15 is 0 Å². The van der Waals surface area contributed by atoms with Gasteiger partial charge in [-0.2, -0.15) is 0 Å². The van der Waals surface area contributed by atoms with Crippen LogP contribution in [-0.2, 0) is 0 Å². The Morgan fingerprint density at radius 3 is 2.57 bits per heavy atom. The van der Waals surface area contributed by atoms with Gasteiger partial charge in [-0.25, -0.2) is 0 Å². The van der Waals surface area contributed by atoms with E-state index in [1.165, 1.54) is 30.4 Å². The second-order valence-corrected chi connectivity index (χ2v) is 6.35. The highest BCUT2D eigenvalue weighted by Gasteiger charge is 2.31. The first kappa shape index (κ1) is 16.5. The minimum absolute atomic E-state index is 0.111. The summed E-state index contributed by atoms with van der Waals surface area (Å²) in [5.41, 5.74) is 9.03. The molecule has 0 amide bonds. The maximum atomic E-state index is 9.80. The molecule has 0 aliphatic carbocycles. The summed E-state index contributed by atoms with van der Waals surface area (Å²) >= 11 is 0. The zero-order valence-electron chi connectivity index (χ0n) is 13.5. The second kappa shape index (κ2) is 7.92. The van der Waals surface area contributed by atoms with Gasteiger partial charge in [0, 0.05) is 12.1 Å². The zero-order chi connectivity index (χ0) is 15.2. The van der Waals surface area contributed by atoms with Crippen LogP contribution in [0.5, 0.6) is 0 Å². The molecule has 1 aliphatic rings. The van der Waals surface area contributed by atoms with E-state index in [1.807, 2.05) is 0 Å². The highest BCUT2D eigenvalue weighted by Crippen LogP contribution is 2.31. The number of aliphatic hydroxyl groups excluding tert-OH is 1. The van der Waals surface area contributed by atoms with Crippen molar-refractivity contribution >= 4 is 0 Å². The van der Waals surface area contributed by atoms with Gasteiger partial charge < -0.3 is 10.8 Å². The van der Waals surface area contributed by atoms with Crippen LogP contribution in [-0.4, -0.2) is 35.2 Å². The molecule has 118 valence electrons. The summed E-state index contributed by atoms with van der Waals surface area (Å²) in [6.45, 7) is 5.54. The average Bonchev–Trinajstić information content (AvgIpc) is 2.74. The van der Waals surface area contributed by atoms with E-state index in [9.17, 15) is 5.11 Å². The summed E-state index contributed by atoms with van der Waals surface area (Å²) in [6.07, 6.45) is 5.70. The normalized spacial score (nSPS) is 23.5. The number of aryl methyl sites for hydroxylation is 1. The van der Waals surface area contributed by atoms with Gasteiger partial charge in [0.05, 0.1) is 12.6 Å². The summed E-state index contributed by atoms with van der Waals surface area (Å²) in [7, 11) is 0. The molecule has 1 heterocycles. The number of aliphatic hydroxyl groups is 1. The summed E-state index contributed by atoms with van der Waals surface area (Å²) in [6, 6.07) is 9.30. The lowest BCUT2D eigenvalue weighted by atomic mass is 9.94. The number of nitrogens with zero attached hydrogens (tertiary/aromatic N) is 1. The first-order chi connectivity index (χ1) is 10.2. The maximum absolute atomic E-state index is 9.80. The van der Waals surface area contributed by atoms with Crippen LogP contribution in [0.4, 0.5) is 0 Å². The molecule has 0 saturated carbocycles. The molecule has 0 aromatic heterocycles. The Labute approximate surface area is 129 Å². The predicted molar refractivity (Wildman–Crippen MR) is 88.2 cm³/mol. The van der Waals surface area contributed by atoms with E-state index in [0.29, 0.717) is 0 Å². The lowest BCUT2D eigenvalue weighted by Gasteiger charge is -2.39. The fraction of sp³-hybridized carbons (Fsp3) is 0.667. The van der Waals surface area contributed by atoms with Gasteiger partial charge in [0.1, 0.15) is 0 Å². The highest BCUT2D eigenvalue weighted by atomic mass is 16.3. The number of likely N-dealkylation sites (tertiary alicyclic amines) is 1. The molecule has 2 rings (SSSR count). The van der Waals surface area contributed by atoms with Gasteiger partial charge in [0.15, 0.2) is 0 Å². The Balaban J connectivity index is 2.31. The first-order valence-corrected chi connectivity index (χ1v) is 8.36. The topological polar surface area (TPSA) is 49.5 Å². The first-order valence-electron chi connectivity index (χ1n) is 8.36. The van der Waals surface area contributed by atoms with Crippen LogP contribution in [0.3, 0.4) is 0 Å². The van der Waals surface area contributed by atoms with E-state index < -0.39 is 0 Å². The lowest BCUT2D eigenvalue weighted by Crippen LogP contribution is -2.47. The van der Waals surface area contributed by atoms with E-state index in [4.69, 9.17) is 5.73 Å². The van der Waals surface area contributed by atoms with Crippen molar-refractivity contribution in [2.24, 2.45) is 5.73 Å². The minimum Gasteiger partial charge on any atom is -0.395 e. The van der Waals surface area contributed by atoms with Crippen LogP contribution < -0.4 is 5.73 Å². The number of hydrogen-bond acceptors (Lipinski definition) is 3. The Morgan fingerprint density at radius 2 is 1.95 bits per heavy atom. The highest BCUT2D eigenvalue weighted by molar-refractivity contribution is 5.25. The standard InChI is InChI=1S/C18H30N2O/c1-3-17(19)18(15-10-8-14(2)9-11-15)20-12-6-4-5-7-16(20)13-21/h8-11,16-18,21H,3-7,12-13,19H2,1-2H3. The van der Waals surface area contributed by atoms with Crippen molar-refractivity contribution in [3.8, 4) is 0 Å². The molecule has 1 aromatic carbocycles. The SMILES string of the molecule is CCC(N)C(c1ccc(C)cc1)N1CCCCCC1CO. The van der Waals surface area contributed by atoms with Gasteiger partial charge in [-0.05, 0) is 38.3 Å². The molecule has 3 N–H and O–H groups in total. The third-order valence-electron chi connectivity index (χ3n) is 4.79. The van der Waals surface area contributed by atoms with Crippen LogP contribution in [0.25, 0.3) is 0 Å². The van der Waals surface area contributed by atoms with Gasteiger partial charge in [0.2, 0.25) is 0 Å². The zero-order valence-corrected chi connectivity index (χ0v) is 13.5. The van der Waals surface area contributed by atoms with Gasteiger partial charge in [-0.1, -0.05) is 49.6 Å². The largest absolute Gasteiger partial charge is 0.395 e. The smallest absolute Gasteiger partial charge is 0.0587 e. The van der Waals surface area contributed by atoms with Crippen molar-refractivity contribution in [1.82, 2.24) is 4.90 Å². The van der Waals surface area contributed by atoms with Gasteiger partial charge in [0.25, 0.3) is 0 Å². The Morgan fingerprint density at radius 1 is 1.24 bits per heavy atom. The Bertz CT molecular complexity index is 418. The lowest BCUT2D eigenvalue weighted by molar-refractivity contribution is 0.0714. The van der Waals surface area contributed by atoms with Crippen molar-refractivity contribution in [2.45, 2.75) is 64.1 Å². The number of hydrogen-bond donors (Lipinski definition) is 2. The van der Waals surface area contributed by atoms with E-state index in [-0.39, 0.29) is 24.7 Å². The molecular formula is C18H30N2O.